The maximum Gasteiger partial charge on any atom is 0.0886 e. The molecule has 0 radical (unpaired) electrons. The average molecular weight is 290 g/mol. The molecule has 0 amide bonds. The minimum absolute atomic E-state index is 0.242. The van der Waals surface area contributed by atoms with Crippen molar-refractivity contribution in [2.45, 2.75) is 25.9 Å². The Hall–Kier alpha value is -2.12. The highest BCUT2D eigenvalue weighted by Gasteiger charge is 2.34. The number of benzene rings is 2. The van der Waals surface area contributed by atoms with E-state index in [-0.39, 0.29) is 5.60 Å². The van der Waals surface area contributed by atoms with Crippen LogP contribution in [0.5, 0.6) is 0 Å². The Kier molecular flexibility index (Phi) is 4.00. The first-order chi connectivity index (χ1) is 10.6. The van der Waals surface area contributed by atoms with E-state index in [0.29, 0.717) is 6.61 Å². The van der Waals surface area contributed by atoms with Gasteiger partial charge in [-0.05, 0) is 48.1 Å². The summed E-state index contributed by atoms with van der Waals surface area (Å²) in [7, 11) is 0. The van der Waals surface area contributed by atoms with Gasteiger partial charge in [0.15, 0.2) is 0 Å². The quantitative estimate of drug-likeness (QED) is 0.737. The second-order valence-electron chi connectivity index (χ2n) is 6.29. The van der Waals surface area contributed by atoms with Crippen LogP contribution in [0.3, 0.4) is 0 Å². The van der Waals surface area contributed by atoms with Gasteiger partial charge < -0.3 is 4.74 Å². The largest absolute Gasteiger partial charge is 0.366 e. The third kappa shape index (κ3) is 2.90. The molecule has 0 saturated carbocycles. The predicted octanol–water partition coefficient (Wildman–Crippen LogP) is 5.35. The minimum Gasteiger partial charge on any atom is -0.366 e. The zero-order chi connectivity index (χ0) is 15.6. The monoisotopic (exact) mass is 290 g/mol. The molecular formula is C21H22O. The molecule has 0 spiro atoms. The van der Waals surface area contributed by atoms with Crippen molar-refractivity contribution in [2.24, 2.45) is 0 Å². The van der Waals surface area contributed by atoms with E-state index in [1.54, 1.807) is 0 Å². The fourth-order valence-electron chi connectivity index (χ4n) is 3.17. The van der Waals surface area contributed by atoms with Crippen LogP contribution in [0.15, 0.2) is 72.8 Å². The Balaban J connectivity index is 1.95. The first kappa shape index (κ1) is 14.8. The third-order valence-electron chi connectivity index (χ3n) is 4.23. The van der Waals surface area contributed by atoms with Gasteiger partial charge in [0.25, 0.3) is 0 Å². The molecule has 0 N–H and O–H groups in total. The van der Waals surface area contributed by atoms with Crippen LogP contribution in [0, 0.1) is 0 Å². The van der Waals surface area contributed by atoms with Gasteiger partial charge in [0.05, 0.1) is 12.2 Å². The molecule has 3 rings (SSSR count). The van der Waals surface area contributed by atoms with Gasteiger partial charge in [-0.25, -0.2) is 0 Å². The zero-order valence-corrected chi connectivity index (χ0v) is 13.3. The molecule has 0 saturated heterocycles. The Bertz CT molecular complexity index is 693. The van der Waals surface area contributed by atoms with Crippen molar-refractivity contribution in [1.29, 1.82) is 0 Å². The van der Waals surface area contributed by atoms with Gasteiger partial charge in [-0.15, -0.1) is 0 Å². The maximum atomic E-state index is 6.04. The highest BCUT2D eigenvalue weighted by Crippen LogP contribution is 2.41. The molecule has 1 aliphatic rings. The lowest BCUT2D eigenvalue weighted by molar-refractivity contribution is 0.0612. The third-order valence-corrected chi connectivity index (χ3v) is 4.23. The molecule has 0 atom stereocenters. The molecule has 112 valence electrons. The van der Waals surface area contributed by atoms with Crippen molar-refractivity contribution in [3.63, 3.8) is 0 Å². The first-order valence-corrected chi connectivity index (χ1v) is 7.73. The van der Waals surface area contributed by atoms with Gasteiger partial charge >= 0.3 is 0 Å². The molecule has 1 heteroatoms. The minimum atomic E-state index is -0.242. The second-order valence-corrected chi connectivity index (χ2v) is 6.29. The SMILES string of the molecule is C=C(CC1=C(c2ccccc2)C(C)(C)OC1)c1ccccc1. The topological polar surface area (TPSA) is 9.23 Å². The number of hydrogen-bond acceptors (Lipinski definition) is 1. The molecule has 2 aromatic rings. The molecule has 0 bridgehead atoms. The van der Waals surface area contributed by atoms with Crippen LogP contribution in [0.1, 0.15) is 31.4 Å². The highest BCUT2D eigenvalue weighted by atomic mass is 16.5. The van der Waals surface area contributed by atoms with Gasteiger partial charge in [-0.1, -0.05) is 67.2 Å². The molecule has 0 aromatic heterocycles. The second kappa shape index (κ2) is 5.94. The van der Waals surface area contributed by atoms with Crippen molar-refractivity contribution in [3.05, 3.63) is 83.9 Å². The Morgan fingerprint density at radius 2 is 1.59 bits per heavy atom. The van der Waals surface area contributed by atoms with E-state index in [2.05, 4.69) is 75.0 Å². The lowest BCUT2D eigenvalue weighted by Crippen LogP contribution is -2.20. The van der Waals surface area contributed by atoms with Gasteiger partial charge in [0, 0.05) is 0 Å². The fraction of sp³-hybridized carbons (Fsp3) is 0.238. The zero-order valence-electron chi connectivity index (χ0n) is 13.3. The van der Waals surface area contributed by atoms with Crippen LogP contribution in [0.4, 0.5) is 0 Å². The van der Waals surface area contributed by atoms with E-state index in [9.17, 15) is 0 Å². The Labute approximate surface area is 133 Å². The fourth-order valence-corrected chi connectivity index (χ4v) is 3.17. The summed E-state index contributed by atoms with van der Waals surface area (Å²) in [5.41, 5.74) is 6.00. The normalized spacial score (nSPS) is 16.8. The molecule has 0 unspecified atom stereocenters. The summed E-state index contributed by atoms with van der Waals surface area (Å²) in [4.78, 5) is 0. The van der Waals surface area contributed by atoms with Crippen LogP contribution in [0.2, 0.25) is 0 Å². The van der Waals surface area contributed by atoms with Gasteiger partial charge in [-0.2, -0.15) is 0 Å². The van der Waals surface area contributed by atoms with Crippen LogP contribution in [0.25, 0.3) is 11.1 Å². The highest BCUT2D eigenvalue weighted by molar-refractivity contribution is 5.79. The van der Waals surface area contributed by atoms with E-state index < -0.39 is 0 Å². The van der Waals surface area contributed by atoms with E-state index in [1.807, 2.05) is 6.07 Å². The Morgan fingerprint density at radius 1 is 1.00 bits per heavy atom. The van der Waals surface area contributed by atoms with Crippen molar-refractivity contribution < 1.29 is 4.74 Å². The van der Waals surface area contributed by atoms with E-state index in [4.69, 9.17) is 4.74 Å². The summed E-state index contributed by atoms with van der Waals surface area (Å²) in [6.07, 6.45) is 0.859. The number of ether oxygens (including phenoxy) is 1. The van der Waals surface area contributed by atoms with Crippen molar-refractivity contribution >= 4 is 11.1 Å². The molecule has 1 aliphatic heterocycles. The van der Waals surface area contributed by atoms with Crippen molar-refractivity contribution in [1.82, 2.24) is 0 Å². The summed E-state index contributed by atoms with van der Waals surface area (Å²) in [5.74, 6) is 0. The summed E-state index contributed by atoms with van der Waals surface area (Å²) in [6, 6.07) is 20.9. The lowest BCUT2D eigenvalue weighted by atomic mass is 9.87. The van der Waals surface area contributed by atoms with Crippen LogP contribution >= 0.6 is 0 Å². The summed E-state index contributed by atoms with van der Waals surface area (Å²) in [6.45, 7) is 9.25. The van der Waals surface area contributed by atoms with Crippen LogP contribution in [-0.4, -0.2) is 12.2 Å². The van der Waals surface area contributed by atoms with Gasteiger partial charge in [-0.3, -0.25) is 0 Å². The molecule has 1 nitrogen and oxygen atoms in total. The molecule has 0 fully saturated rings. The first-order valence-electron chi connectivity index (χ1n) is 7.73. The predicted molar refractivity (Wildman–Crippen MR) is 93.5 cm³/mol. The Morgan fingerprint density at radius 3 is 2.23 bits per heavy atom. The average Bonchev–Trinajstić information content (AvgIpc) is 2.83. The van der Waals surface area contributed by atoms with Gasteiger partial charge in [0.2, 0.25) is 0 Å². The molecule has 22 heavy (non-hydrogen) atoms. The molecule has 0 aliphatic carbocycles. The van der Waals surface area contributed by atoms with E-state index in [1.165, 1.54) is 22.3 Å². The van der Waals surface area contributed by atoms with Crippen LogP contribution < -0.4 is 0 Å². The van der Waals surface area contributed by atoms with Crippen molar-refractivity contribution in [2.75, 3.05) is 6.61 Å². The maximum absolute atomic E-state index is 6.04. The van der Waals surface area contributed by atoms with Crippen molar-refractivity contribution in [3.8, 4) is 0 Å². The number of hydrogen-bond donors (Lipinski definition) is 0. The summed E-state index contributed by atoms with van der Waals surface area (Å²) >= 11 is 0. The number of allylic oxidation sites excluding steroid dienone is 1. The molecular weight excluding hydrogens is 268 g/mol. The van der Waals surface area contributed by atoms with Gasteiger partial charge in [0.1, 0.15) is 0 Å². The van der Waals surface area contributed by atoms with E-state index >= 15 is 0 Å². The smallest absolute Gasteiger partial charge is 0.0886 e. The van der Waals surface area contributed by atoms with Crippen LogP contribution in [-0.2, 0) is 4.74 Å². The number of rotatable bonds is 4. The van der Waals surface area contributed by atoms with E-state index in [0.717, 1.165) is 12.0 Å². The summed E-state index contributed by atoms with van der Waals surface area (Å²) in [5, 5.41) is 0. The molecule has 2 aromatic carbocycles. The molecule has 1 heterocycles. The standard InChI is InChI=1S/C21H22O/c1-16(17-10-6-4-7-11-17)14-19-15-22-21(2,3)20(19)18-12-8-5-9-13-18/h4-13H,1,14-15H2,2-3H3. The summed E-state index contributed by atoms with van der Waals surface area (Å²) < 4.78 is 6.04. The lowest BCUT2D eigenvalue weighted by Gasteiger charge is -2.22.